The highest BCUT2D eigenvalue weighted by molar-refractivity contribution is 5.86. The van der Waals surface area contributed by atoms with Gasteiger partial charge in [-0.1, -0.05) is 18.2 Å². The van der Waals surface area contributed by atoms with Crippen molar-refractivity contribution in [1.29, 1.82) is 0 Å². The first-order chi connectivity index (χ1) is 14.7. The number of anilines is 3. The Kier molecular flexibility index (Phi) is 5.93. The summed E-state index contributed by atoms with van der Waals surface area (Å²) in [5.74, 6) is 1.87. The molecule has 1 N–H and O–H groups in total. The zero-order valence-electron chi connectivity index (χ0n) is 16.7. The van der Waals surface area contributed by atoms with Gasteiger partial charge in [0.05, 0.1) is 19.5 Å². The molecule has 0 bridgehead atoms. The van der Waals surface area contributed by atoms with E-state index in [0.717, 1.165) is 31.9 Å². The van der Waals surface area contributed by atoms with Crippen molar-refractivity contribution in [2.75, 3.05) is 48.4 Å². The molecule has 0 spiro atoms. The third-order valence-corrected chi connectivity index (χ3v) is 4.85. The Balaban J connectivity index is 1.29. The minimum absolute atomic E-state index is 0.505. The van der Waals surface area contributed by atoms with Crippen LogP contribution in [0.4, 0.5) is 22.1 Å². The Labute approximate surface area is 175 Å². The van der Waals surface area contributed by atoms with Gasteiger partial charge in [-0.15, -0.1) is 0 Å². The molecular weight excluding hydrogens is 382 g/mol. The summed E-state index contributed by atoms with van der Waals surface area (Å²) in [5.41, 5.74) is 1.79. The topological polar surface area (TPSA) is 79.8 Å². The van der Waals surface area contributed by atoms with Gasteiger partial charge in [0.15, 0.2) is 5.75 Å². The summed E-state index contributed by atoms with van der Waals surface area (Å²) in [6.07, 6.45) is 2.86. The molecule has 154 valence electrons. The number of amides is 1. The summed E-state index contributed by atoms with van der Waals surface area (Å²) >= 11 is 0. The van der Waals surface area contributed by atoms with Gasteiger partial charge in [0, 0.05) is 37.6 Å². The van der Waals surface area contributed by atoms with E-state index in [1.807, 2.05) is 42.5 Å². The Morgan fingerprint density at radius 1 is 0.867 bits per heavy atom. The number of hydrogen-bond donors (Lipinski definition) is 1. The fourth-order valence-electron chi connectivity index (χ4n) is 3.24. The number of benzene rings is 2. The molecule has 1 aliphatic rings. The first-order valence-corrected chi connectivity index (χ1v) is 9.71. The number of nitrogens with one attached hydrogen (secondary N) is 1. The Morgan fingerprint density at radius 2 is 1.50 bits per heavy atom. The van der Waals surface area contributed by atoms with Gasteiger partial charge in [-0.2, -0.15) is 0 Å². The SMILES string of the molecule is COc1cnc(N2CCN(c3ccc(NC(=O)Oc4ccccc4)cc3)CC2)nc1. The molecule has 1 amide bonds. The molecule has 3 aromatic rings. The third kappa shape index (κ3) is 4.78. The highest BCUT2D eigenvalue weighted by Gasteiger charge is 2.19. The van der Waals surface area contributed by atoms with Gasteiger partial charge < -0.3 is 19.3 Å². The number of carbonyl (C=O) groups is 1. The quantitative estimate of drug-likeness (QED) is 0.697. The average molecular weight is 405 g/mol. The Morgan fingerprint density at radius 3 is 2.13 bits per heavy atom. The molecule has 2 aromatic carbocycles. The van der Waals surface area contributed by atoms with Crippen molar-refractivity contribution in [2.45, 2.75) is 0 Å². The molecule has 8 heteroatoms. The van der Waals surface area contributed by atoms with Gasteiger partial charge in [0.2, 0.25) is 5.95 Å². The molecule has 0 radical (unpaired) electrons. The molecule has 1 saturated heterocycles. The van der Waals surface area contributed by atoms with Crippen LogP contribution in [-0.4, -0.2) is 49.4 Å². The van der Waals surface area contributed by atoms with Crippen molar-refractivity contribution in [2.24, 2.45) is 0 Å². The maximum Gasteiger partial charge on any atom is 0.417 e. The number of aromatic nitrogens is 2. The molecule has 0 saturated carbocycles. The van der Waals surface area contributed by atoms with E-state index in [-0.39, 0.29) is 0 Å². The molecule has 8 nitrogen and oxygen atoms in total. The van der Waals surface area contributed by atoms with E-state index in [1.165, 1.54) is 0 Å². The zero-order valence-corrected chi connectivity index (χ0v) is 16.7. The predicted molar refractivity (Wildman–Crippen MR) is 116 cm³/mol. The zero-order chi connectivity index (χ0) is 20.8. The number of nitrogens with zero attached hydrogens (tertiary/aromatic N) is 4. The summed E-state index contributed by atoms with van der Waals surface area (Å²) in [6.45, 7) is 3.38. The second kappa shape index (κ2) is 9.13. The van der Waals surface area contributed by atoms with Crippen LogP contribution < -0.4 is 24.6 Å². The van der Waals surface area contributed by atoms with E-state index >= 15 is 0 Å². The van der Waals surface area contributed by atoms with E-state index in [9.17, 15) is 4.79 Å². The molecule has 1 aliphatic heterocycles. The Bertz CT molecular complexity index is 956. The lowest BCUT2D eigenvalue weighted by Gasteiger charge is -2.36. The van der Waals surface area contributed by atoms with Gasteiger partial charge in [0.25, 0.3) is 0 Å². The maximum atomic E-state index is 12.0. The van der Waals surface area contributed by atoms with Crippen molar-refractivity contribution >= 4 is 23.4 Å². The minimum atomic E-state index is -0.512. The number of para-hydroxylation sites is 1. The van der Waals surface area contributed by atoms with Crippen molar-refractivity contribution in [3.8, 4) is 11.5 Å². The molecule has 4 rings (SSSR count). The molecule has 30 heavy (non-hydrogen) atoms. The lowest BCUT2D eigenvalue weighted by atomic mass is 10.2. The molecule has 2 heterocycles. The predicted octanol–water partition coefficient (Wildman–Crippen LogP) is 3.42. The van der Waals surface area contributed by atoms with Gasteiger partial charge in [-0.05, 0) is 36.4 Å². The van der Waals surface area contributed by atoms with Crippen LogP contribution in [0.1, 0.15) is 0 Å². The van der Waals surface area contributed by atoms with Crippen LogP contribution in [0.15, 0.2) is 67.0 Å². The molecule has 0 unspecified atom stereocenters. The molecule has 0 atom stereocenters. The van der Waals surface area contributed by atoms with Crippen LogP contribution in [0.3, 0.4) is 0 Å². The van der Waals surface area contributed by atoms with Crippen LogP contribution in [0.25, 0.3) is 0 Å². The van der Waals surface area contributed by atoms with Crippen LogP contribution in [0.2, 0.25) is 0 Å². The van der Waals surface area contributed by atoms with E-state index in [0.29, 0.717) is 23.1 Å². The second-order valence-corrected chi connectivity index (χ2v) is 6.77. The van der Waals surface area contributed by atoms with Crippen molar-refractivity contribution in [1.82, 2.24) is 9.97 Å². The summed E-state index contributed by atoms with van der Waals surface area (Å²) in [4.78, 5) is 25.2. The molecule has 0 aliphatic carbocycles. The summed E-state index contributed by atoms with van der Waals surface area (Å²) in [6, 6.07) is 16.7. The molecule has 1 aromatic heterocycles. The van der Waals surface area contributed by atoms with Crippen molar-refractivity contribution in [3.05, 3.63) is 67.0 Å². The number of rotatable bonds is 5. The van der Waals surface area contributed by atoms with Crippen LogP contribution in [-0.2, 0) is 0 Å². The summed E-state index contributed by atoms with van der Waals surface area (Å²) < 4.78 is 10.4. The lowest BCUT2D eigenvalue weighted by molar-refractivity contribution is 0.215. The van der Waals surface area contributed by atoms with E-state index in [2.05, 4.69) is 25.1 Å². The number of carbonyl (C=O) groups excluding carboxylic acids is 1. The second-order valence-electron chi connectivity index (χ2n) is 6.77. The minimum Gasteiger partial charge on any atom is -0.494 e. The number of piperazine rings is 1. The van der Waals surface area contributed by atoms with E-state index in [4.69, 9.17) is 9.47 Å². The highest BCUT2D eigenvalue weighted by Crippen LogP contribution is 2.21. The third-order valence-electron chi connectivity index (χ3n) is 4.85. The number of methoxy groups -OCH3 is 1. The fourth-order valence-corrected chi connectivity index (χ4v) is 3.24. The number of hydrogen-bond acceptors (Lipinski definition) is 7. The van der Waals surface area contributed by atoms with E-state index in [1.54, 1.807) is 31.6 Å². The summed E-state index contributed by atoms with van der Waals surface area (Å²) in [7, 11) is 1.60. The highest BCUT2D eigenvalue weighted by atomic mass is 16.6. The average Bonchev–Trinajstić information content (AvgIpc) is 2.80. The monoisotopic (exact) mass is 405 g/mol. The van der Waals surface area contributed by atoms with Gasteiger partial charge >= 0.3 is 6.09 Å². The summed E-state index contributed by atoms with van der Waals surface area (Å²) in [5, 5.41) is 2.74. The lowest BCUT2D eigenvalue weighted by Crippen LogP contribution is -2.47. The van der Waals surface area contributed by atoms with Gasteiger partial charge in [-0.3, -0.25) is 5.32 Å². The van der Waals surface area contributed by atoms with Gasteiger partial charge in [-0.25, -0.2) is 14.8 Å². The van der Waals surface area contributed by atoms with Crippen LogP contribution in [0.5, 0.6) is 11.5 Å². The maximum absolute atomic E-state index is 12.0. The normalized spacial score (nSPS) is 13.6. The number of ether oxygens (including phenoxy) is 2. The largest absolute Gasteiger partial charge is 0.494 e. The smallest absolute Gasteiger partial charge is 0.417 e. The fraction of sp³-hybridized carbons (Fsp3) is 0.227. The Hall–Kier alpha value is -3.81. The van der Waals surface area contributed by atoms with Crippen molar-refractivity contribution in [3.63, 3.8) is 0 Å². The molecular formula is C22H23N5O3. The molecule has 1 fully saturated rings. The van der Waals surface area contributed by atoms with Crippen LogP contribution in [0, 0.1) is 0 Å². The standard InChI is InChI=1S/C22H23N5O3/c1-29-20-15-23-21(24-16-20)27-13-11-26(12-14-27)18-9-7-17(8-10-18)25-22(28)30-19-5-3-2-4-6-19/h2-10,15-16H,11-14H2,1H3,(H,25,28). The van der Waals surface area contributed by atoms with Crippen molar-refractivity contribution < 1.29 is 14.3 Å². The first kappa shape index (κ1) is 19.5. The van der Waals surface area contributed by atoms with Gasteiger partial charge in [0.1, 0.15) is 5.75 Å². The van der Waals surface area contributed by atoms with E-state index < -0.39 is 6.09 Å². The van der Waals surface area contributed by atoms with Crippen LogP contribution >= 0.6 is 0 Å². The first-order valence-electron chi connectivity index (χ1n) is 9.71.